The highest BCUT2D eigenvalue weighted by atomic mass is 35.5. The molecule has 1 aromatic carbocycles. The third-order valence-corrected chi connectivity index (χ3v) is 2.38. The minimum atomic E-state index is -0.198. The predicted octanol–water partition coefficient (Wildman–Crippen LogP) is 2.72. The van der Waals surface area contributed by atoms with Gasteiger partial charge in [0.25, 0.3) is 0 Å². The van der Waals surface area contributed by atoms with Gasteiger partial charge in [-0.05, 0) is 38.6 Å². The summed E-state index contributed by atoms with van der Waals surface area (Å²) in [6, 6.07) is 7.59. The van der Waals surface area contributed by atoms with Crippen LogP contribution in [0.1, 0.15) is 19.4 Å². The van der Waals surface area contributed by atoms with Gasteiger partial charge in [-0.25, -0.2) is 0 Å². The maximum atomic E-state index is 11.4. The third kappa shape index (κ3) is 5.71. The van der Waals surface area contributed by atoms with Crippen LogP contribution in [0.15, 0.2) is 24.3 Å². The van der Waals surface area contributed by atoms with Gasteiger partial charge in [0.15, 0.2) is 0 Å². The largest absolute Gasteiger partial charge is 0.462 e. The van der Waals surface area contributed by atoms with E-state index in [2.05, 4.69) is 0 Å². The molecule has 1 aromatic rings. The molecule has 94 valence electrons. The number of ether oxygens (including phenoxy) is 1. The van der Waals surface area contributed by atoms with Crippen molar-refractivity contribution in [3.63, 3.8) is 0 Å². The van der Waals surface area contributed by atoms with E-state index in [4.69, 9.17) is 16.3 Å². The van der Waals surface area contributed by atoms with Gasteiger partial charge in [0.2, 0.25) is 0 Å². The SMILES string of the molecule is CC(C)OC(=O)CN(C)Cc1ccc(Cl)cc1. The van der Waals surface area contributed by atoms with Crippen LogP contribution in [0, 0.1) is 0 Å². The van der Waals surface area contributed by atoms with Crippen molar-refractivity contribution in [2.24, 2.45) is 0 Å². The Balaban J connectivity index is 2.41. The molecule has 4 heteroatoms. The van der Waals surface area contributed by atoms with Crippen LogP contribution in [-0.2, 0) is 16.1 Å². The number of halogens is 1. The molecule has 0 aliphatic heterocycles. The van der Waals surface area contributed by atoms with Gasteiger partial charge in [0.05, 0.1) is 12.6 Å². The smallest absolute Gasteiger partial charge is 0.320 e. The first-order valence-electron chi connectivity index (χ1n) is 5.60. The molecule has 0 aromatic heterocycles. The maximum absolute atomic E-state index is 11.4. The van der Waals surface area contributed by atoms with E-state index >= 15 is 0 Å². The summed E-state index contributed by atoms with van der Waals surface area (Å²) in [4.78, 5) is 13.3. The highest BCUT2D eigenvalue weighted by Crippen LogP contribution is 2.10. The number of rotatable bonds is 5. The lowest BCUT2D eigenvalue weighted by Gasteiger charge is -2.16. The fourth-order valence-electron chi connectivity index (χ4n) is 1.48. The van der Waals surface area contributed by atoms with E-state index in [1.54, 1.807) is 0 Å². The quantitative estimate of drug-likeness (QED) is 0.758. The van der Waals surface area contributed by atoms with E-state index in [9.17, 15) is 4.79 Å². The van der Waals surface area contributed by atoms with Crippen molar-refractivity contribution in [2.75, 3.05) is 13.6 Å². The Kier molecular flexibility index (Phi) is 5.45. The number of carbonyl (C=O) groups is 1. The number of likely N-dealkylation sites (N-methyl/N-ethyl adjacent to an activating group) is 1. The van der Waals surface area contributed by atoms with Crippen molar-refractivity contribution in [3.8, 4) is 0 Å². The zero-order chi connectivity index (χ0) is 12.8. The highest BCUT2D eigenvalue weighted by molar-refractivity contribution is 6.30. The van der Waals surface area contributed by atoms with Crippen LogP contribution in [0.3, 0.4) is 0 Å². The summed E-state index contributed by atoms with van der Waals surface area (Å²) in [6.45, 7) is 4.68. The second-order valence-electron chi connectivity index (χ2n) is 4.34. The average molecular weight is 256 g/mol. The van der Waals surface area contributed by atoms with Crippen molar-refractivity contribution in [2.45, 2.75) is 26.5 Å². The molecule has 0 aliphatic rings. The summed E-state index contributed by atoms with van der Waals surface area (Å²) in [5, 5.41) is 0.718. The molecule has 0 bridgehead atoms. The van der Waals surface area contributed by atoms with Crippen molar-refractivity contribution < 1.29 is 9.53 Å². The Morgan fingerprint density at radius 1 is 1.35 bits per heavy atom. The van der Waals surface area contributed by atoms with Crippen LogP contribution in [0.2, 0.25) is 5.02 Å². The molecule has 0 N–H and O–H groups in total. The van der Waals surface area contributed by atoms with Crippen LogP contribution in [-0.4, -0.2) is 30.6 Å². The third-order valence-electron chi connectivity index (χ3n) is 2.13. The monoisotopic (exact) mass is 255 g/mol. The summed E-state index contributed by atoms with van der Waals surface area (Å²) in [6.07, 6.45) is -0.0635. The summed E-state index contributed by atoms with van der Waals surface area (Å²) in [5.41, 5.74) is 1.12. The number of hydrogen-bond donors (Lipinski definition) is 0. The number of benzene rings is 1. The molecule has 0 heterocycles. The second-order valence-corrected chi connectivity index (χ2v) is 4.77. The average Bonchev–Trinajstić information content (AvgIpc) is 2.19. The molecule has 0 unspecified atom stereocenters. The minimum Gasteiger partial charge on any atom is -0.462 e. The Bertz CT molecular complexity index is 362. The predicted molar refractivity (Wildman–Crippen MR) is 69.0 cm³/mol. The number of esters is 1. The summed E-state index contributed by atoms with van der Waals surface area (Å²) >= 11 is 5.80. The summed E-state index contributed by atoms with van der Waals surface area (Å²) < 4.78 is 5.08. The van der Waals surface area contributed by atoms with E-state index in [-0.39, 0.29) is 12.1 Å². The number of nitrogens with zero attached hydrogens (tertiary/aromatic N) is 1. The lowest BCUT2D eigenvalue weighted by molar-refractivity contribution is -0.148. The molecular weight excluding hydrogens is 238 g/mol. The van der Waals surface area contributed by atoms with E-state index in [0.29, 0.717) is 13.1 Å². The molecule has 0 atom stereocenters. The van der Waals surface area contributed by atoms with E-state index in [0.717, 1.165) is 10.6 Å². The lowest BCUT2D eigenvalue weighted by Crippen LogP contribution is -2.28. The van der Waals surface area contributed by atoms with Crippen molar-refractivity contribution in [1.29, 1.82) is 0 Å². The van der Waals surface area contributed by atoms with Gasteiger partial charge in [0, 0.05) is 11.6 Å². The highest BCUT2D eigenvalue weighted by Gasteiger charge is 2.09. The van der Waals surface area contributed by atoms with Gasteiger partial charge < -0.3 is 4.74 Å². The maximum Gasteiger partial charge on any atom is 0.320 e. The van der Waals surface area contributed by atoms with Gasteiger partial charge in [-0.2, -0.15) is 0 Å². The zero-order valence-electron chi connectivity index (χ0n) is 10.4. The van der Waals surface area contributed by atoms with Crippen LogP contribution >= 0.6 is 11.6 Å². The number of carbonyl (C=O) groups excluding carboxylic acids is 1. The fourth-order valence-corrected chi connectivity index (χ4v) is 1.60. The van der Waals surface area contributed by atoms with Crippen LogP contribution in [0.4, 0.5) is 0 Å². The van der Waals surface area contributed by atoms with Crippen molar-refractivity contribution in [3.05, 3.63) is 34.9 Å². The minimum absolute atomic E-state index is 0.0635. The Labute approximate surface area is 107 Å². The van der Waals surface area contributed by atoms with Gasteiger partial charge in [0.1, 0.15) is 0 Å². The lowest BCUT2D eigenvalue weighted by atomic mass is 10.2. The number of hydrogen-bond acceptors (Lipinski definition) is 3. The zero-order valence-corrected chi connectivity index (χ0v) is 11.2. The van der Waals surface area contributed by atoms with Gasteiger partial charge >= 0.3 is 5.97 Å². The van der Waals surface area contributed by atoms with Gasteiger partial charge in [-0.1, -0.05) is 23.7 Å². The molecule has 0 saturated carbocycles. The summed E-state index contributed by atoms with van der Waals surface area (Å²) in [5.74, 6) is -0.198. The van der Waals surface area contributed by atoms with Crippen molar-refractivity contribution >= 4 is 17.6 Å². The normalized spacial score (nSPS) is 10.9. The van der Waals surface area contributed by atoms with Crippen LogP contribution in [0.5, 0.6) is 0 Å². The van der Waals surface area contributed by atoms with E-state index in [1.165, 1.54) is 0 Å². The Morgan fingerprint density at radius 3 is 2.47 bits per heavy atom. The van der Waals surface area contributed by atoms with Crippen LogP contribution < -0.4 is 0 Å². The molecule has 0 fully saturated rings. The fraction of sp³-hybridized carbons (Fsp3) is 0.462. The topological polar surface area (TPSA) is 29.5 Å². The molecular formula is C13H18ClNO2. The Hall–Kier alpha value is -1.06. The van der Waals surface area contributed by atoms with E-state index < -0.39 is 0 Å². The molecule has 0 spiro atoms. The molecule has 3 nitrogen and oxygen atoms in total. The first-order valence-corrected chi connectivity index (χ1v) is 5.97. The second kappa shape index (κ2) is 6.62. The molecule has 0 aliphatic carbocycles. The van der Waals surface area contributed by atoms with Gasteiger partial charge in [-0.15, -0.1) is 0 Å². The molecule has 0 amide bonds. The molecule has 1 rings (SSSR count). The molecule has 0 radical (unpaired) electrons. The van der Waals surface area contributed by atoms with Crippen molar-refractivity contribution in [1.82, 2.24) is 4.90 Å². The summed E-state index contributed by atoms with van der Waals surface area (Å²) in [7, 11) is 1.89. The molecule has 17 heavy (non-hydrogen) atoms. The first-order chi connectivity index (χ1) is 7.97. The first kappa shape index (κ1) is 14.0. The van der Waals surface area contributed by atoms with Crippen LogP contribution in [0.25, 0.3) is 0 Å². The standard InChI is InChI=1S/C13H18ClNO2/c1-10(2)17-13(16)9-15(3)8-11-4-6-12(14)7-5-11/h4-7,10H,8-9H2,1-3H3. The van der Waals surface area contributed by atoms with Gasteiger partial charge in [-0.3, -0.25) is 9.69 Å². The molecule has 0 saturated heterocycles. The Morgan fingerprint density at radius 2 is 1.94 bits per heavy atom. The van der Waals surface area contributed by atoms with E-state index in [1.807, 2.05) is 50.1 Å².